The van der Waals surface area contributed by atoms with Crippen molar-refractivity contribution in [1.82, 2.24) is 0 Å². The van der Waals surface area contributed by atoms with Gasteiger partial charge in [0.1, 0.15) is 0 Å². The number of allylic oxidation sites excluding steroid dienone is 2. The third-order valence-corrected chi connectivity index (χ3v) is 4.23. The van der Waals surface area contributed by atoms with Crippen LogP contribution in [0.15, 0.2) is 9.15 Å². The van der Waals surface area contributed by atoms with Gasteiger partial charge in [0.05, 0.1) is 0 Å². The molecule has 0 N–H and O–H groups in total. The smallest absolute Gasteiger partial charge is 0.00764 e. The van der Waals surface area contributed by atoms with Crippen LogP contribution in [-0.4, -0.2) is 0 Å². The van der Waals surface area contributed by atoms with Gasteiger partial charge in [-0.05, 0) is 57.8 Å². The molecule has 1 heteroatoms. The van der Waals surface area contributed by atoms with Crippen molar-refractivity contribution in [3.8, 4) is 0 Å². The third-order valence-electron chi connectivity index (χ3n) is 2.25. The summed E-state index contributed by atoms with van der Waals surface area (Å²) >= 11 is 2.50. The van der Waals surface area contributed by atoms with Gasteiger partial charge in [0.25, 0.3) is 0 Å². The summed E-state index contributed by atoms with van der Waals surface area (Å²) in [5.74, 6) is 1.73. The molecule has 2 atom stereocenters. The zero-order valence-corrected chi connectivity index (χ0v) is 9.10. The topological polar surface area (TPSA) is 0 Å². The zero-order valence-electron chi connectivity index (χ0n) is 6.95. The highest BCUT2D eigenvalue weighted by molar-refractivity contribution is 14.1. The van der Waals surface area contributed by atoms with Crippen LogP contribution < -0.4 is 0 Å². The molecule has 0 nitrogen and oxygen atoms in total. The molecule has 10 heavy (non-hydrogen) atoms. The molecule has 0 saturated heterocycles. The Bertz CT molecular complexity index is 158. The lowest BCUT2D eigenvalue weighted by Crippen LogP contribution is -2.11. The van der Waals surface area contributed by atoms with E-state index >= 15 is 0 Å². The van der Waals surface area contributed by atoms with E-state index in [9.17, 15) is 0 Å². The van der Waals surface area contributed by atoms with Gasteiger partial charge in [-0.2, -0.15) is 0 Å². The van der Waals surface area contributed by atoms with Crippen molar-refractivity contribution in [2.24, 2.45) is 11.8 Å². The fourth-order valence-corrected chi connectivity index (χ4v) is 2.31. The molecule has 0 radical (unpaired) electrons. The Morgan fingerprint density at radius 3 is 2.50 bits per heavy atom. The van der Waals surface area contributed by atoms with Crippen molar-refractivity contribution < 1.29 is 0 Å². The van der Waals surface area contributed by atoms with Crippen LogP contribution in [0.2, 0.25) is 0 Å². The highest BCUT2D eigenvalue weighted by atomic mass is 127. The summed E-state index contributed by atoms with van der Waals surface area (Å²) in [6.45, 7) is 6.96. The Balaban J connectivity index is 2.74. The molecule has 0 fully saturated rings. The molecule has 1 rings (SSSR count). The SMILES string of the molecule is CC1=C(I)C(C)C[C@@H](C)C1. The Kier molecular flexibility index (Phi) is 2.78. The van der Waals surface area contributed by atoms with Crippen molar-refractivity contribution in [2.75, 3.05) is 0 Å². The number of halogens is 1. The second-order valence-corrected chi connectivity index (χ2v) is 4.74. The van der Waals surface area contributed by atoms with Crippen LogP contribution in [-0.2, 0) is 0 Å². The van der Waals surface area contributed by atoms with Crippen molar-refractivity contribution >= 4 is 22.6 Å². The molecule has 0 aromatic carbocycles. The van der Waals surface area contributed by atoms with Gasteiger partial charge in [0, 0.05) is 0 Å². The first-order valence-electron chi connectivity index (χ1n) is 3.96. The molecular weight excluding hydrogens is 235 g/mol. The molecule has 0 spiro atoms. The van der Waals surface area contributed by atoms with Crippen molar-refractivity contribution in [3.05, 3.63) is 9.15 Å². The van der Waals surface area contributed by atoms with E-state index in [1.807, 2.05) is 0 Å². The van der Waals surface area contributed by atoms with Crippen molar-refractivity contribution in [1.29, 1.82) is 0 Å². The quantitative estimate of drug-likeness (QED) is 0.574. The molecule has 0 aromatic heterocycles. The fraction of sp³-hybridized carbons (Fsp3) is 0.778. The molecule has 0 bridgehead atoms. The minimum Gasteiger partial charge on any atom is -0.0635 e. The second kappa shape index (κ2) is 3.24. The summed E-state index contributed by atoms with van der Waals surface area (Å²) in [5.41, 5.74) is 1.62. The first-order chi connectivity index (χ1) is 4.61. The van der Waals surface area contributed by atoms with E-state index in [2.05, 4.69) is 43.4 Å². The lowest BCUT2D eigenvalue weighted by Gasteiger charge is -2.25. The molecule has 58 valence electrons. The van der Waals surface area contributed by atoms with Gasteiger partial charge in [-0.25, -0.2) is 0 Å². The minimum atomic E-state index is 0.823. The van der Waals surface area contributed by atoms with Gasteiger partial charge in [0.15, 0.2) is 0 Å². The van der Waals surface area contributed by atoms with Crippen LogP contribution in [0.3, 0.4) is 0 Å². The Hall–Kier alpha value is 0.470. The predicted octanol–water partition coefficient (Wildman–Crippen LogP) is 3.76. The molecule has 0 aromatic rings. The number of hydrogen-bond acceptors (Lipinski definition) is 0. The highest BCUT2D eigenvalue weighted by Gasteiger charge is 2.19. The molecule has 1 aliphatic carbocycles. The first kappa shape index (κ1) is 8.57. The molecule has 0 saturated carbocycles. The fourth-order valence-electron chi connectivity index (χ4n) is 1.83. The first-order valence-corrected chi connectivity index (χ1v) is 5.04. The maximum absolute atomic E-state index is 2.50. The van der Waals surface area contributed by atoms with E-state index < -0.39 is 0 Å². The average molecular weight is 250 g/mol. The monoisotopic (exact) mass is 250 g/mol. The summed E-state index contributed by atoms with van der Waals surface area (Å²) in [5, 5.41) is 0. The number of hydrogen-bond donors (Lipinski definition) is 0. The lowest BCUT2D eigenvalue weighted by molar-refractivity contribution is 0.433. The summed E-state index contributed by atoms with van der Waals surface area (Å²) < 4.78 is 1.61. The Morgan fingerprint density at radius 2 is 2.00 bits per heavy atom. The molecule has 1 unspecified atom stereocenters. The lowest BCUT2D eigenvalue weighted by atomic mass is 9.85. The standard InChI is InChI=1S/C9H15I/c1-6-4-7(2)9(10)8(3)5-6/h6-7H,4-5H2,1-3H3/t6-,7?/m1/s1. The molecule has 0 amide bonds. The maximum Gasteiger partial charge on any atom is -0.00764 e. The van der Waals surface area contributed by atoms with Gasteiger partial charge >= 0.3 is 0 Å². The van der Waals surface area contributed by atoms with E-state index in [1.165, 1.54) is 12.8 Å². The van der Waals surface area contributed by atoms with Crippen LogP contribution in [0.1, 0.15) is 33.6 Å². The zero-order chi connectivity index (χ0) is 7.72. The van der Waals surface area contributed by atoms with Gasteiger partial charge in [-0.3, -0.25) is 0 Å². The van der Waals surface area contributed by atoms with Gasteiger partial charge in [-0.15, -0.1) is 0 Å². The van der Waals surface area contributed by atoms with Crippen LogP contribution >= 0.6 is 22.6 Å². The molecule has 1 aliphatic rings. The molecular formula is C9H15I. The van der Waals surface area contributed by atoms with E-state index in [0.717, 1.165) is 11.8 Å². The normalized spacial score (nSPS) is 34.8. The van der Waals surface area contributed by atoms with E-state index in [4.69, 9.17) is 0 Å². The molecule has 0 aliphatic heterocycles. The number of rotatable bonds is 0. The maximum atomic E-state index is 2.50. The van der Waals surface area contributed by atoms with Crippen molar-refractivity contribution in [3.63, 3.8) is 0 Å². The molecule has 0 heterocycles. The van der Waals surface area contributed by atoms with E-state index in [0.29, 0.717) is 0 Å². The van der Waals surface area contributed by atoms with Gasteiger partial charge < -0.3 is 0 Å². The predicted molar refractivity (Wildman–Crippen MR) is 54.3 cm³/mol. The van der Waals surface area contributed by atoms with E-state index in [-0.39, 0.29) is 0 Å². The third kappa shape index (κ3) is 1.74. The highest BCUT2D eigenvalue weighted by Crippen LogP contribution is 2.36. The summed E-state index contributed by atoms with van der Waals surface area (Å²) in [6, 6.07) is 0. The minimum absolute atomic E-state index is 0.823. The second-order valence-electron chi connectivity index (χ2n) is 3.57. The van der Waals surface area contributed by atoms with Crippen molar-refractivity contribution in [2.45, 2.75) is 33.6 Å². The average Bonchev–Trinajstić information content (AvgIpc) is 1.82. The van der Waals surface area contributed by atoms with Crippen LogP contribution in [0.5, 0.6) is 0 Å². The van der Waals surface area contributed by atoms with Crippen LogP contribution in [0.4, 0.5) is 0 Å². The van der Waals surface area contributed by atoms with Crippen LogP contribution in [0.25, 0.3) is 0 Å². The Morgan fingerprint density at radius 1 is 1.40 bits per heavy atom. The summed E-state index contributed by atoms with van der Waals surface area (Å²) in [7, 11) is 0. The van der Waals surface area contributed by atoms with Crippen LogP contribution in [0, 0.1) is 11.8 Å². The van der Waals surface area contributed by atoms with Gasteiger partial charge in [-0.1, -0.05) is 19.4 Å². The van der Waals surface area contributed by atoms with Gasteiger partial charge in [0.2, 0.25) is 0 Å². The Labute approximate surface area is 77.2 Å². The summed E-state index contributed by atoms with van der Waals surface area (Å²) in [4.78, 5) is 0. The largest absolute Gasteiger partial charge is 0.0635 e. The summed E-state index contributed by atoms with van der Waals surface area (Å²) in [6.07, 6.45) is 2.71. The van der Waals surface area contributed by atoms with E-state index in [1.54, 1.807) is 9.15 Å².